The molecular formula is C15H15BrFNO. The van der Waals surface area contributed by atoms with E-state index in [1.54, 1.807) is 6.26 Å². The number of halogens is 2. The molecule has 2 aromatic rings. The van der Waals surface area contributed by atoms with Gasteiger partial charge in [0.05, 0.1) is 17.3 Å². The minimum Gasteiger partial charge on any atom is -0.468 e. The molecule has 0 unspecified atom stereocenters. The number of hydrogen-bond acceptors (Lipinski definition) is 2. The van der Waals surface area contributed by atoms with E-state index in [4.69, 9.17) is 4.42 Å². The fourth-order valence-corrected chi connectivity index (χ4v) is 2.66. The van der Waals surface area contributed by atoms with Crippen molar-refractivity contribution >= 4 is 15.9 Å². The molecule has 100 valence electrons. The van der Waals surface area contributed by atoms with E-state index in [2.05, 4.69) is 20.8 Å². The van der Waals surface area contributed by atoms with E-state index in [1.807, 2.05) is 24.3 Å². The van der Waals surface area contributed by atoms with Crippen LogP contribution in [0.2, 0.25) is 0 Å². The molecule has 0 radical (unpaired) electrons. The summed E-state index contributed by atoms with van der Waals surface area (Å²) >= 11 is 3.24. The van der Waals surface area contributed by atoms with Crippen LogP contribution in [-0.2, 0) is 13.1 Å². The lowest BCUT2D eigenvalue weighted by atomic mass is 10.2. The molecule has 1 aliphatic carbocycles. The van der Waals surface area contributed by atoms with Gasteiger partial charge in [-0.25, -0.2) is 4.39 Å². The van der Waals surface area contributed by atoms with Crippen LogP contribution in [0.4, 0.5) is 4.39 Å². The molecule has 0 atom stereocenters. The minimum atomic E-state index is -0.215. The molecule has 1 aromatic carbocycles. The maximum Gasteiger partial charge on any atom is 0.137 e. The number of nitrogens with zero attached hydrogens (tertiary/aromatic N) is 1. The molecule has 0 aliphatic heterocycles. The highest BCUT2D eigenvalue weighted by atomic mass is 79.9. The Kier molecular flexibility index (Phi) is 3.71. The normalized spacial score (nSPS) is 15.1. The molecule has 4 heteroatoms. The molecule has 1 aromatic heterocycles. The third kappa shape index (κ3) is 3.25. The van der Waals surface area contributed by atoms with Crippen LogP contribution < -0.4 is 0 Å². The van der Waals surface area contributed by atoms with Crippen molar-refractivity contribution < 1.29 is 8.81 Å². The molecule has 1 fully saturated rings. The molecule has 0 bridgehead atoms. The van der Waals surface area contributed by atoms with Crippen LogP contribution in [0.1, 0.15) is 24.2 Å². The second kappa shape index (κ2) is 5.47. The van der Waals surface area contributed by atoms with Gasteiger partial charge in [0, 0.05) is 12.6 Å². The number of rotatable bonds is 5. The van der Waals surface area contributed by atoms with Gasteiger partial charge in [0.2, 0.25) is 0 Å². The van der Waals surface area contributed by atoms with Crippen LogP contribution in [0.5, 0.6) is 0 Å². The van der Waals surface area contributed by atoms with Crippen molar-refractivity contribution in [3.63, 3.8) is 0 Å². The number of furan rings is 1. The Morgan fingerprint density at radius 1 is 1.26 bits per heavy atom. The fraction of sp³-hybridized carbons (Fsp3) is 0.333. The predicted molar refractivity (Wildman–Crippen MR) is 75.1 cm³/mol. The summed E-state index contributed by atoms with van der Waals surface area (Å²) in [5.74, 6) is 0.765. The predicted octanol–water partition coefficient (Wildman–Crippen LogP) is 4.35. The molecule has 19 heavy (non-hydrogen) atoms. The Hall–Kier alpha value is -1.13. The summed E-state index contributed by atoms with van der Waals surface area (Å²) in [4.78, 5) is 2.39. The third-order valence-corrected chi connectivity index (χ3v) is 3.98. The fourth-order valence-electron chi connectivity index (χ4n) is 2.23. The van der Waals surface area contributed by atoms with Crippen molar-refractivity contribution in [3.8, 4) is 0 Å². The maximum atomic E-state index is 13.2. The van der Waals surface area contributed by atoms with E-state index in [0.717, 1.165) is 24.4 Å². The van der Waals surface area contributed by atoms with Gasteiger partial charge in [0.1, 0.15) is 11.6 Å². The highest BCUT2D eigenvalue weighted by Gasteiger charge is 2.29. The summed E-state index contributed by atoms with van der Waals surface area (Å²) in [6.07, 6.45) is 4.18. The van der Waals surface area contributed by atoms with Crippen molar-refractivity contribution in [1.82, 2.24) is 4.90 Å². The zero-order valence-corrected chi connectivity index (χ0v) is 12.1. The van der Waals surface area contributed by atoms with E-state index in [9.17, 15) is 4.39 Å². The van der Waals surface area contributed by atoms with Crippen LogP contribution in [0.25, 0.3) is 0 Å². The van der Waals surface area contributed by atoms with Crippen molar-refractivity contribution in [3.05, 3.63) is 58.2 Å². The smallest absolute Gasteiger partial charge is 0.137 e. The Morgan fingerprint density at radius 2 is 2.11 bits per heavy atom. The molecule has 0 spiro atoms. The van der Waals surface area contributed by atoms with Crippen molar-refractivity contribution in [2.24, 2.45) is 0 Å². The van der Waals surface area contributed by atoms with Crippen LogP contribution in [0, 0.1) is 5.82 Å². The lowest BCUT2D eigenvalue weighted by Crippen LogP contribution is -2.24. The van der Waals surface area contributed by atoms with Gasteiger partial charge in [0.25, 0.3) is 0 Å². The standard InChI is InChI=1S/C15H15BrFNO/c16-14-8-11(3-6-15(14)17)9-18(12-4-5-12)10-13-2-1-7-19-13/h1-3,6-8,12H,4-5,9-10H2. The second-order valence-corrected chi connectivity index (χ2v) is 5.82. The van der Waals surface area contributed by atoms with Crippen LogP contribution in [-0.4, -0.2) is 10.9 Å². The average molecular weight is 324 g/mol. The van der Waals surface area contributed by atoms with Gasteiger partial charge in [-0.15, -0.1) is 0 Å². The lowest BCUT2D eigenvalue weighted by Gasteiger charge is -2.21. The first-order valence-electron chi connectivity index (χ1n) is 6.43. The van der Waals surface area contributed by atoms with Gasteiger partial charge in [0.15, 0.2) is 0 Å². The highest BCUT2D eigenvalue weighted by molar-refractivity contribution is 9.10. The summed E-state index contributed by atoms with van der Waals surface area (Å²) in [5, 5.41) is 0. The first-order valence-corrected chi connectivity index (χ1v) is 7.22. The maximum absolute atomic E-state index is 13.2. The van der Waals surface area contributed by atoms with E-state index in [1.165, 1.54) is 18.9 Å². The summed E-state index contributed by atoms with van der Waals surface area (Å²) in [5.41, 5.74) is 1.12. The zero-order valence-electron chi connectivity index (χ0n) is 10.5. The van der Waals surface area contributed by atoms with Gasteiger partial charge in [-0.05, 0) is 58.6 Å². The van der Waals surface area contributed by atoms with Crippen molar-refractivity contribution in [1.29, 1.82) is 0 Å². The van der Waals surface area contributed by atoms with Crippen LogP contribution in [0.3, 0.4) is 0 Å². The lowest BCUT2D eigenvalue weighted by molar-refractivity contribution is 0.225. The first-order chi connectivity index (χ1) is 9.22. The molecule has 1 saturated carbocycles. The van der Waals surface area contributed by atoms with Gasteiger partial charge < -0.3 is 4.42 Å². The molecule has 1 aliphatic rings. The SMILES string of the molecule is Fc1ccc(CN(Cc2ccco2)C2CC2)cc1Br. The quantitative estimate of drug-likeness (QED) is 0.813. The van der Waals surface area contributed by atoms with E-state index < -0.39 is 0 Å². The molecule has 1 heterocycles. The van der Waals surface area contributed by atoms with Crippen LogP contribution >= 0.6 is 15.9 Å². The molecule has 0 saturated heterocycles. The Bertz CT molecular complexity index is 551. The summed E-state index contributed by atoms with van der Waals surface area (Å²) in [6, 6.07) is 9.75. The first kappa shape index (κ1) is 12.9. The zero-order chi connectivity index (χ0) is 13.2. The highest BCUT2D eigenvalue weighted by Crippen LogP contribution is 2.30. The number of hydrogen-bond donors (Lipinski definition) is 0. The molecular weight excluding hydrogens is 309 g/mol. The van der Waals surface area contributed by atoms with Gasteiger partial charge >= 0.3 is 0 Å². The third-order valence-electron chi connectivity index (χ3n) is 3.37. The van der Waals surface area contributed by atoms with Gasteiger partial charge in [-0.2, -0.15) is 0 Å². The van der Waals surface area contributed by atoms with Crippen molar-refractivity contribution in [2.75, 3.05) is 0 Å². The molecule has 3 rings (SSSR count). The largest absolute Gasteiger partial charge is 0.468 e. The summed E-state index contributed by atoms with van der Waals surface area (Å²) < 4.78 is 19.2. The Morgan fingerprint density at radius 3 is 2.74 bits per heavy atom. The minimum absolute atomic E-state index is 0.215. The van der Waals surface area contributed by atoms with E-state index in [-0.39, 0.29) is 5.82 Å². The number of benzene rings is 1. The van der Waals surface area contributed by atoms with Crippen molar-refractivity contribution in [2.45, 2.75) is 32.0 Å². The Labute approximate surface area is 120 Å². The van der Waals surface area contributed by atoms with Gasteiger partial charge in [-0.3, -0.25) is 4.90 Å². The summed E-state index contributed by atoms with van der Waals surface area (Å²) in [7, 11) is 0. The van der Waals surface area contributed by atoms with Crippen LogP contribution in [0.15, 0.2) is 45.5 Å². The Balaban J connectivity index is 1.72. The van der Waals surface area contributed by atoms with Gasteiger partial charge in [-0.1, -0.05) is 6.07 Å². The average Bonchev–Trinajstić information content (AvgIpc) is 3.12. The molecule has 0 N–H and O–H groups in total. The second-order valence-electron chi connectivity index (χ2n) is 4.96. The topological polar surface area (TPSA) is 16.4 Å². The van der Waals surface area contributed by atoms with E-state index >= 15 is 0 Å². The summed E-state index contributed by atoms with van der Waals surface area (Å²) in [6.45, 7) is 1.64. The molecule has 0 amide bonds. The monoisotopic (exact) mass is 323 g/mol. The molecule has 2 nitrogen and oxygen atoms in total. The van der Waals surface area contributed by atoms with E-state index in [0.29, 0.717) is 10.5 Å².